The molecule has 1 saturated heterocycles. The van der Waals surface area contributed by atoms with Crippen molar-refractivity contribution in [3.8, 4) is 0 Å². The molecule has 2 saturated carbocycles. The molecule has 2 aliphatic carbocycles. The highest BCUT2D eigenvalue weighted by Gasteiger charge is 2.60. The van der Waals surface area contributed by atoms with E-state index < -0.39 is 17.5 Å². The van der Waals surface area contributed by atoms with Gasteiger partial charge in [0.1, 0.15) is 5.41 Å². The summed E-state index contributed by atoms with van der Waals surface area (Å²) < 4.78 is 5.80. The Labute approximate surface area is 114 Å². The predicted molar refractivity (Wildman–Crippen MR) is 69.7 cm³/mol. The molecule has 1 aliphatic heterocycles. The van der Waals surface area contributed by atoms with Gasteiger partial charge in [0.05, 0.1) is 12.2 Å². The van der Waals surface area contributed by atoms with E-state index in [0.717, 1.165) is 44.9 Å². The van der Waals surface area contributed by atoms with Gasteiger partial charge in [0.15, 0.2) is 0 Å². The highest BCUT2D eigenvalue weighted by Crippen LogP contribution is 2.54. The van der Waals surface area contributed by atoms with Crippen LogP contribution in [-0.4, -0.2) is 35.0 Å². The summed E-state index contributed by atoms with van der Waals surface area (Å²) in [7, 11) is 0. The molecule has 2 N–H and O–H groups in total. The van der Waals surface area contributed by atoms with E-state index >= 15 is 0 Å². The molecule has 1 heterocycles. The van der Waals surface area contributed by atoms with E-state index in [1.165, 1.54) is 0 Å². The zero-order valence-corrected chi connectivity index (χ0v) is 11.4. The van der Waals surface area contributed by atoms with E-state index in [0.29, 0.717) is 18.9 Å². The lowest BCUT2D eigenvalue weighted by Gasteiger charge is -2.39. The number of aliphatic hydroxyl groups excluding tert-OH is 1. The van der Waals surface area contributed by atoms with Crippen LogP contribution in [0.15, 0.2) is 0 Å². The molecule has 4 atom stereocenters. The number of carboxylic acid groups (broad SMARTS) is 1. The second-order valence-corrected chi connectivity index (χ2v) is 6.54. The zero-order valence-electron chi connectivity index (χ0n) is 11.4. The monoisotopic (exact) mass is 268 g/mol. The van der Waals surface area contributed by atoms with Crippen molar-refractivity contribution in [3.63, 3.8) is 0 Å². The summed E-state index contributed by atoms with van der Waals surface area (Å²) in [6.07, 6.45) is 6.85. The maximum absolute atomic E-state index is 12.0. The second kappa shape index (κ2) is 5.06. The third-order valence-electron chi connectivity index (χ3n) is 5.41. The first-order valence-corrected chi connectivity index (χ1v) is 7.69. The van der Waals surface area contributed by atoms with Gasteiger partial charge in [0, 0.05) is 12.5 Å². The molecular formula is C15H24O4. The van der Waals surface area contributed by atoms with Gasteiger partial charge < -0.3 is 14.9 Å². The molecule has 0 aromatic rings. The number of aliphatic hydroxyl groups is 1. The van der Waals surface area contributed by atoms with E-state index in [1.807, 2.05) is 0 Å². The normalized spacial score (nSPS) is 43.9. The summed E-state index contributed by atoms with van der Waals surface area (Å²) in [5, 5.41) is 20.3. The minimum atomic E-state index is -0.828. The van der Waals surface area contributed by atoms with Crippen molar-refractivity contribution >= 4 is 5.97 Å². The van der Waals surface area contributed by atoms with Crippen LogP contribution in [0.5, 0.6) is 0 Å². The lowest BCUT2D eigenvalue weighted by Crippen LogP contribution is -2.50. The third kappa shape index (κ3) is 2.19. The first-order valence-electron chi connectivity index (χ1n) is 7.69. The van der Waals surface area contributed by atoms with E-state index in [1.54, 1.807) is 0 Å². The fraction of sp³-hybridized carbons (Fsp3) is 0.933. The molecule has 0 spiro atoms. The summed E-state index contributed by atoms with van der Waals surface area (Å²) in [6, 6.07) is 0. The van der Waals surface area contributed by atoms with Gasteiger partial charge >= 0.3 is 5.97 Å². The number of carboxylic acids is 1. The molecule has 4 heteroatoms. The molecule has 108 valence electrons. The average Bonchev–Trinajstić information content (AvgIpc) is 3.16. The Hall–Kier alpha value is -0.610. The average molecular weight is 268 g/mol. The molecular weight excluding hydrogens is 244 g/mol. The molecule has 0 amide bonds. The highest BCUT2D eigenvalue weighted by molar-refractivity contribution is 5.76. The van der Waals surface area contributed by atoms with Gasteiger partial charge in [0.25, 0.3) is 0 Å². The zero-order chi connectivity index (χ0) is 13.5. The van der Waals surface area contributed by atoms with E-state index in [4.69, 9.17) is 4.74 Å². The van der Waals surface area contributed by atoms with Crippen molar-refractivity contribution in [1.82, 2.24) is 0 Å². The maximum Gasteiger partial charge on any atom is 0.312 e. The Morgan fingerprint density at radius 3 is 2.53 bits per heavy atom. The molecule has 3 rings (SSSR count). The molecule has 0 radical (unpaired) electrons. The fourth-order valence-electron chi connectivity index (χ4n) is 4.27. The van der Waals surface area contributed by atoms with Crippen LogP contribution < -0.4 is 0 Å². The van der Waals surface area contributed by atoms with Crippen LogP contribution in [0, 0.1) is 17.3 Å². The SMILES string of the molecule is O=C(O)C1(C2CCCCCC2O)CCOC1C1CC1. The fourth-order valence-corrected chi connectivity index (χ4v) is 4.27. The number of hydrogen-bond donors (Lipinski definition) is 2. The highest BCUT2D eigenvalue weighted by atomic mass is 16.5. The van der Waals surface area contributed by atoms with Crippen molar-refractivity contribution in [2.75, 3.05) is 6.61 Å². The maximum atomic E-state index is 12.0. The number of rotatable bonds is 3. The first kappa shape index (κ1) is 13.4. The smallest absolute Gasteiger partial charge is 0.312 e. The minimum Gasteiger partial charge on any atom is -0.481 e. The summed E-state index contributed by atoms with van der Waals surface area (Å²) in [4.78, 5) is 12.0. The molecule has 3 aliphatic rings. The van der Waals surface area contributed by atoms with Crippen LogP contribution in [0.3, 0.4) is 0 Å². The van der Waals surface area contributed by atoms with Gasteiger partial charge in [-0.3, -0.25) is 4.79 Å². The van der Waals surface area contributed by atoms with Gasteiger partial charge in [0.2, 0.25) is 0 Å². The molecule has 4 nitrogen and oxygen atoms in total. The van der Waals surface area contributed by atoms with Crippen molar-refractivity contribution in [1.29, 1.82) is 0 Å². The number of carbonyl (C=O) groups is 1. The van der Waals surface area contributed by atoms with Crippen LogP contribution in [0.4, 0.5) is 0 Å². The van der Waals surface area contributed by atoms with Crippen LogP contribution in [-0.2, 0) is 9.53 Å². The molecule has 0 aromatic carbocycles. The molecule has 0 aromatic heterocycles. The van der Waals surface area contributed by atoms with E-state index in [9.17, 15) is 15.0 Å². The lowest BCUT2D eigenvalue weighted by molar-refractivity contribution is -0.163. The van der Waals surface area contributed by atoms with E-state index in [-0.39, 0.29) is 12.0 Å². The van der Waals surface area contributed by atoms with Crippen molar-refractivity contribution < 1.29 is 19.7 Å². The largest absolute Gasteiger partial charge is 0.481 e. The lowest BCUT2D eigenvalue weighted by atomic mass is 9.65. The quantitative estimate of drug-likeness (QED) is 0.770. The van der Waals surface area contributed by atoms with Crippen molar-refractivity contribution in [3.05, 3.63) is 0 Å². The van der Waals surface area contributed by atoms with E-state index in [2.05, 4.69) is 0 Å². The number of ether oxygens (including phenoxy) is 1. The van der Waals surface area contributed by atoms with Crippen LogP contribution >= 0.6 is 0 Å². The minimum absolute atomic E-state index is 0.124. The first-order chi connectivity index (χ1) is 9.16. The topological polar surface area (TPSA) is 66.8 Å². The number of aliphatic carboxylic acids is 1. The van der Waals surface area contributed by atoms with Gasteiger partial charge in [-0.05, 0) is 38.0 Å². The Morgan fingerprint density at radius 1 is 1.11 bits per heavy atom. The van der Waals surface area contributed by atoms with Gasteiger partial charge in [-0.1, -0.05) is 19.3 Å². The summed E-state index contributed by atoms with van der Waals surface area (Å²) >= 11 is 0. The van der Waals surface area contributed by atoms with Gasteiger partial charge in [-0.25, -0.2) is 0 Å². The van der Waals surface area contributed by atoms with Gasteiger partial charge in [-0.2, -0.15) is 0 Å². The second-order valence-electron chi connectivity index (χ2n) is 6.54. The van der Waals surface area contributed by atoms with Crippen LogP contribution in [0.1, 0.15) is 51.4 Å². The Morgan fingerprint density at radius 2 is 1.84 bits per heavy atom. The third-order valence-corrected chi connectivity index (χ3v) is 5.41. The van der Waals surface area contributed by atoms with Crippen LogP contribution in [0.25, 0.3) is 0 Å². The Bertz CT molecular complexity index is 352. The Balaban J connectivity index is 1.91. The standard InChI is InChI=1S/C15H24O4/c16-12-5-3-1-2-4-11(12)15(14(17)18)8-9-19-13(15)10-6-7-10/h10-13,16H,1-9H2,(H,17,18). The molecule has 0 bridgehead atoms. The Kier molecular flexibility index (Phi) is 3.56. The molecule has 3 fully saturated rings. The van der Waals surface area contributed by atoms with Crippen molar-refractivity contribution in [2.24, 2.45) is 17.3 Å². The summed E-state index contributed by atoms with van der Waals surface area (Å²) in [5.74, 6) is -0.456. The summed E-state index contributed by atoms with van der Waals surface area (Å²) in [5.41, 5.74) is -0.828. The van der Waals surface area contributed by atoms with Crippen LogP contribution in [0.2, 0.25) is 0 Å². The number of hydrogen-bond acceptors (Lipinski definition) is 3. The molecule has 4 unspecified atom stereocenters. The predicted octanol–water partition coefficient (Wildman–Crippen LogP) is 2.20. The summed E-state index contributed by atoms with van der Waals surface area (Å²) in [6.45, 7) is 0.538. The molecule has 19 heavy (non-hydrogen) atoms. The van der Waals surface area contributed by atoms with Crippen molar-refractivity contribution in [2.45, 2.75) is 63.6 Å². The van der Waals surface area contributed by atoms with Gasteiger partial charge in [-0.15, -0.1) is 0 Å².